The SMILES string of the molecule is CCOc1ccc(OC(C)C)cc1C(=O)O. The van der Waals surface area contributed by atoms with Crippen LogP contribution in [0.4, 0.5) is 0 Å². The van der Waals surface area contributed by atoms with Gasteiger partial charge in [0.25, 0.3) is 0 Å². The van der Waals surface area contributed by atoms with Crippen molar-refractivity contribution < 1.29 is 19.4 Å². The molecule has 0 heterocycles. The Morgan fingerprint density at radius 2 is 2.12 bits per heavy atom. The molecule has 1 aromatic carbocycles. The second-order valence-electron chi connectivity index (χ2n) is 3.56. The molecule has 0 amide bonds. The fourth-order valence-corrected chi connectivity index (χ4v) is 1.30. The molecule has 88 valence electrons. The van der Waals surface area contributed by atoms with Gasteiger partial charge in [-0.3, -0.25) is 0 Å². The van der Waals surface area contributed by atoms with Gasteiger partial charge in [-0.1, -0.05) is 0 Å². The average Bonchev–Trinajstić information content (AvgIpc) is 2.19. The van der Waals surface area contributed by atoms with Gasteiger partial charge in [-0.15, -0.1) is 0 Å². The van der Waals surface area contributed by atoms with Crippen molar-refractivity contribution >= 4 is 5.97 Å². The van der Waals surface area contributed by atoms with E-state index < -0.39 is 5.97 Å². The maximum absolute atomic E-state index is 11.0. The van der Waals surface area contributed by atoms with Gasteiger partial charge in [-0.25, -0.2) is 4.79 Å². The van der Waals surface area contributed by atoms with Gasteiger partial charge in [0.05, 0.1) is 12.7 Å². The Bertz CT molecular complexity index is 371. The number of rotatable bonds is 5. The van der Waals surface area contributed by atoms with Gasteiger partial charge in [-0.05, 0) is 39.0 Å². The van der Waals surface area contributed by atoms with E-state index in [0.29, 0.717) is 18.1 Å². The zero-order chi connectivity index (χ0) is 12.1. The van der Waals surface area contributed by atoms with Gasteiger partial charge >= 0.3 is 5.97 Å². The van der Waals surface area contributed by atoms with Crippen LogP contribution in [0.3, 0.4) is 0 Å². The molecule has 0 radical (unpaired) electrons. The monoisotopic (exact) mass is 224 g/mol. The molecule has 0 aliphatic carbocycles. The van der Waals surface area contributed by atoms with E-state index in [1.165, 1.54) is 6.07 Å². The molecule has 0 fully saturated rings. The van der Waals surface area contributed by atoms with Gasteiger partial charge in [0.1, 0.15) is 17.1 Å². The summed E-state index contributed by atoms with van der Waals surface area (Å²) in [5.74, 6) is -0.111. The number of hydrogen-bond donors (Lipinski definition) is 1. The quantitative estimate of drug-likeness (QED) is 0.835. The molecule has 4 heteroatoms. The van der Waals surface area contributed by atoms with Crippen LogP contribution in [0.25, 0.3) is 0 Å². The first-order valence-electron chi connectivity index (χ1n) is 5.21. The molecule has 0 saturated heterocycles. The van der Waals surface area contributed by atoms with Crippen molar-refractivity contribution in [3.63, 3.8) is 0 Å². The Balaban J connectivity index is 3.02. The average molecular weight is 224 g/mol. The lowest BCUT2D eigenvalue weighted by Crippen LogP contribution is -2.08. The standard InChI is InChI=1S/C12H16O4/c1-4-15-11-6-5-9(16-8(2)3)7-10(11)12(13)14/h5-8H,4H2,1-3H3,(H,13,14). The van der Waals surface area contributed by atoms with Gasteiger partial charge in [0, 0.05) is 0 Å². The largest absolute Gasteiger partial charge is 0.493 e. The van der Waals surface area contributed by atoms with E-state index in [1.54, 1.807) is 12.1 Å². The van der Waals surface area contributed by atoms with Crippen LogP contribution in [-0.4, -0.2) is 23.8 Å². The second kappa shape index (κ2) is 5.39. The lowest BCUT2D eigenvalue weighted by Gasteiger charge is -2.12. The number of hydrogen-bond acceptors (Lipinski definition) is 3. The van der Waals surface area contributed by atoms with E-state index in [0.717, 1.165) is 0 Å². The van der Waals surface area contributed by atoms with Crippen molar-refractivity contribution in [1.82, 2.24) is 0 Å². The summed E-state index contributed by atoms with van der Waals surface area (Å²) in [4.78, 5) is 11.0. The van der Waals surface area contributed by atoms with Crippen molar-refractivity contribution in [3.05, 3.63) is 23.8 Å². The Hall–Kier alpha value is -1.71. The summed E-state index contributed by atoms with van der Waals surface area (Å²) in [5, 5.41) is 9.02. The number of benzene rings is 1. The third-order valence-corrected chi connectivity index (χ3v) is 1.85. The predicted octanol–water partition coefficient (Wildman–Crippen LogP) is 2.57. The molecule has 0 atom stereocenters. The maximum atomic E-state index is 11.0. The number of carboxylic acid groups (broad SMARTS) is 1. The molecule has 0 aliphatic heterocycles. The molecule has 0 saturated carbocycles. The lowest BCUT2D eigenvalue weighted by atomic mass is 10.2. The predicted molar refractivity (Wildman–Crippen MR) is 60.3 cm³/mol. The summed E-state index contributed by atoms with van der Waals surface area (Å²) in [5.41, 5.74) is 0.125. The minimum atomic E-state index is -1.02. The Kier molecular flexibility index (Phi) is 4.17. The molecule has 0 unspecified atom stereocenters. The normalized spacial score (nSPS) is 10.2. The lowest BCUT2D eigenvalue weighted by molar-refractivity contribution is 0.0691. The van der Waals surface area contributed by atoms with Crippen LogP contribution in [0.1, 0.15) is 31.1 Å². The molecule has 0 aromatic heterocycles. The van der Waals surface area contributed by atoms with Gasteiger partial charge in [0.2, 0.25) is 0 Å². The summed E-state index contributed by atoms with van der Waals surface area (Å²) in [6.45, 7) is 6.02. The van der Waals surface area contributed by atoms with Crippen molar-refractivity contribution in [3.8, 4) is 11.5 Å². The van der Waals surface area contributed by atoms with Crippen LogP contribution in [0, 0.1) is 0 Å². The zero-order valence-electron chi connectivity index (χ0n) is 9.69. The molecule has 1 N–H and O–H groups in total. The van der Waals surface area contributed by atoms with Crippen molar-refractivity contribution in [2.75, 3.05) is 6.61 Å². The van der Waals surface area contributed by atoms with E-state index in [4.69, 9.17) is 14.6 Å². The first kappa shape index (κ1) is 12.4. The third kappa shape index (κ3) is 3.15. The number of carbonyl (C=O) groups is 1. The molecular weight excluding hydrogens is 208 g/mol. The van der Waals surface area contributed by atoms with Crippen molar-refractivity contribution in [2.24, 2.45) is 0 Å². The first-order valence-corrected chi connectivity index (χ1v) is 5.21. The van der Waals surface area contributed by atoms with Gasteiger partial charge in [0.15, 0.2) is 0 Å². The molecule has 16 heavy (non-hydrogen) atoms. The minimum Gasteiger partial charge on any atom is -0.493 e. The fourth-order valence-electron chi connectivity index (χ4n) is 1.30. The molecule has 1 rings (SSSR count). The summed E-state index contributed by atoms with van der Waals surface area (Å²) in [6, 6.07) is 4.80. The zero-order valence-corrected chi connectivity index (χ0v) is 9.69. The number of carboxylic acids is 1. The second-order valence-corrected chi connectivity index (χ2v) is 3.56. The highest BCUT2D eigenvalue weighted by molar-refractivity contribution is 5.91. The maximum Gasteiger partial charge on any atom is 0.339 e. The summed E-state index contributed by atoms with van der Waals surface area (Å²) >= 11 is 0. The highest BCUT2D eigenvalue weighted by Gasteiger charge is 2.13. The Labute approximate surface area is 94.8 Å². The molecule has 0 spiro atoms. The van der Waals surface area contributed by atoms with Crippen LogP contribution >= 0.6 is 0 Å². The van der Waals surface area contributed by atoms with E-state index in [2.05, 4.69) is 0 Å². The van der Waals surface area contributed by atoms with Crippen LogP contribution in [0.5, 0.6) is 11.5 Å². The highest BCUT2D eigenvalue weighted by atomic mass is 16.5. The van der Waals surface area contributed by atoms with Crippen LogP contribution in [-0.2, 0) is 0 Å². The Morgan fingerprint density at radius 1 is 1.44 bits per heavy atom. The van der Waals surface area contributed by atoms with Crippen LogP contribution in [0.15, 0.2) is 18.2 Å². The van der Waals surface area contributed by atoms with Crippen LogP contribution < -0.4 is 9.47 Å². The summed E-state index contributed by atoms with van der Waals surface area (Å²) in [6.07, 6.45) is 0.0135. The first-order chi connectivity index (χ1) is 7.54. The molecule has 4 nitrogen and oxygen atoms in total. The minimum absolute atomic E-state index is 0.0135. The Morgan fingerprint density at radius 3 is 2.62 bits per heavy atom. The topological polar surface area (TPSA) is 55.8 Å². The van der Waals surface area contributed by atoms with Crippen LogP contribution in [0.2, 0.25) is 0 Å². The molecule has 0 aliphatic rings. The third-order valence-electron chi connectivity index (χ3n) is 1.85. The molecular formula is C12H16O4. The smallest absolute Gasteiger partial charge is 0.339 e. The van der Waals surface area contributed by atoms with Gasteiger partial charge in [-0.2, -0.15) is 0 Å². The fraction of sp³-hybridized carbons (Fsp3) is 0.417. The van der Waals surface area contributed by atoms with E-state index in [-0.39, 0.29) is 11.7 Å². The van der Waals surface area contributed by atoms with E-state index in [9.17, 15) is 4.79 Å². The van der Waals surface area contributed by atoms with Gasteiger partial charge < -0.3 is 14.6 Å². The number of ether oxygens (including phenoxy) is 2. The molecule has 1 aromatic rings. The summed E-state index contributed by atoms with van der Waals surface area (Å²) < 4.78 is 10.6. The molecule has 0 bridgehead atoms. The highest BCUT2D eigenvalue weighted by Crippen LogP contribution is 2.25. The number of aromatic carboxylic acids is 1. The van der Waals surface area contributed by atoms with E-state index in [1.807, 2.05) is 20.8 Å². The van der Waals surface area contributed by atoms with E-state index >= 15 is 0 Å². The summed E-state index contributed by atoms with van der Waals surface area (Å²) in [7, 11) is 0. The van der Waals surface area contributed by atoms with Crippen molar-refractivity contribution in [2.45, 2.75) is 26.9 Å². The van der Waals surface area contributed by atoms with Crippen molar-refractivity contribution in [1.29, 1.82) is 0 Å².